The number of hydrogen-bond acceptors (Lipinski definition) is 4. The molecule has 0 radical (unpaired) electrons. The van der Waals surface area contributed by atoms with E-state index in [1.54, 1.807) is 12.1 Å². The van der Waals surface area contributed by atoms with Gasteiger partial charge in [0.05, 0.1) is 0 Å². The highest BCUT2D eigenvalue weighted by Crippen LogP contribution is 2.25. The highest BCUT2D eigenvalue weighted by atomic mass is 19.1. The Balaban J connectivity index is 2.21. The average molecular weight is 279 g/mol. The van der Waals surface area contributed by atoms with Crippen molar-refractivity contribution >= 4 is 5.82 Å². The molecule has 0 aliphatic heterocycles. The Morgan fingerprint density at radius 3 is 2.50 bits per heavy atom. The zero-order chi connectivity index (χ0) is 14.5. The minimum absolute atomic E-state index is 0.274. The van der Waals surface area contributed by atoms with Crippen LogP contribution in [0.25, 0.3) is 0 Å². The topological polar surface area (TPSA) is 60.2 Å². The summed E-state index contributed by atoms with van der Waals surface area (Å²) in [4.78, 5) is 3.64. The van der Waals surface area contributed by atoms with Crippen molar-refractivity contribution in [3.8, 4) is 11.6 Å². The van der Waals surface area contributed by atoms with Gasteiger partial charge in [0.25, 0.3) is 5.88 Å². The quantitative estimate of drug-likeness (QED) is 0.650. The van der Waals surface area contributed by atoms with E-state index in [1.165, 1.54) is 0 Å². The van der Waals surface area contributed by atoms with Gasteiger partial charge in [0.15, 0.2) is 17.5 Å². The molecule has 0 aliphatic carbocycles. The summed E-state index contributed by atoms with van der Waals surface area (Å²) in [6.07, 6.45) is 2.00. The Kier molecular flexibility index (Phi) is 4.47. The number of halogens is 2. The van der Waals surface area contributed by atoms with Crippen molar-refractivity contribution < 1.29 is 13.5 Å². The molecule has 20 heavy (non-hydrogen) atoms. The van der Waals surface area contributed by atoms with Gasteiger partial charge in [-0.3, -0.25) is 0 Å². The van der Waals surface area contributed by atoms with E-state index in [-0.39, 0.29) is 11.7 Å². The number of nitrogens with zero attached hydrogens (tertiary/aromatic N) is 1. The normalized spacial score (nSPS) is 10.4. The molecule has 0 spiro atoms. The van der Waals surface area contributed by atoms with Gasteiger partial charge >= 0.3 is 0 Å². The van der Waals surface area contributed by atoms with Crippen LogP contribution in [0.4, 0.5) is 14.6 Å². The van der Waals surface area contributed by atoms with E-state index in [0.29, 0.717) is 11.8 Å². The SMILES string of the molecule is CCCc1ccc(Oc2nc(NN)c(F)cc2F)cc1. The second-order valence-corrected chi connectivity index (χ2v) is 4.25. The maximum Gasteiger partial charge on any atom is 0.258 e. The molecule has 2 aromatic rings. The van der Waals surface area contributed by atoms with Gasteiger partial charge in [0.1, 0.15) is 5.75 Å². The Bertz CT molecular complexity index is 588. The van der Waals surface area contributed by atoms with Crippen LogP contribution >= 0.6 is 0 Å². The molecule has 6 heteroatoms. The third kappa shape index (κ3) is 3.21. The van der Waals surface area contributed by atoms with E-state index in [0.717, 1.165) is 18.4 Å². The number of benzene rings is 1. The summed E-state index contributed by atoms with van der Waals surface area (Å²) in [6, 6.07) is 7.88. The largest absolute Gasteiger partial charge is 0.436 e. The van der Waals surface area contributed by atoms with E-state index in [9.17, 15) is 8.78 Å². The summed E-state index contributed by atoms with van der Waals surface area (Å²) in [5, 5.41) is 0. The number of anilines is 1. The molecule has 1 heterocycles. The molecular formula is C14H15F2N3O. The first-order valence-corrected chi connectivity index (χ1v) is 6.23. The Morgan fingerprint density at radius 1 is 1.20 bits per heavy atom. The first kappa shape index (κ1) is 14.2. The fourth-order valence-electron chi connectivity index (χ4n) is 1.75. The minimum atomic E-state index is -0.890. The van der Waals surface area contributed by atoms with Crippen LogP contribution in [0.2, 0.25) is 0 Å². The lowest BCUT2D eigenvalue weighted by Crippen LogP contribution is -2.11. The van der Waals surface area contributed by atoms with Gasteiger partial charge in [0, 0.05) is 6.07 Å². The van der Waals surface area contributed by atoms with Crippen molar-refractivity contribution in [1.82, 2.24) is 4.98 Å². The molecule has 0 bridgehead atoms. The Labute approximate surface area is 115 Å². The van der Waals surface area contributed by atoms with Crippen LogP contribution in [0.3, 0.4) is 0 Å². The summed E-state index contributed by atoms with van der Waals surface area (Å²) >= 11 is 0. The minimum Gasteiger partial charge on any atom is -0.436 e. The van der Waals surface area contributed by atoms with Crippen molar-refractivity contribution in [2.75, 3.05) is 5.43 Å². The number of nitrogens with two attached hydrogens (primary N) is 1. The molecule has 0 unspecified atom stereocenters. The molecule has 2 rings (SSSR count). The zero-order valence-corrected chi connectivity index (χ0v) is 11.0. The number of rotatable bonds is 5. The summed E-state index contributed by atoms with van der Waals surface area (Å²) in [7, 11) is 0. The third-order valence-corrected chi connectivity index (χ3v) is 2.71. The first-order chi connectivity index (χ1) is 9.63. The summed E-state index contributed by atoms with van der Waals surface area (Å²) in [6.45, 7) is 2.09. The standard InChI is InChI=1S/C14H15F2N3O/c1-2-3-9-4-6-10(7-5-9)20-14-12(16)8-11(15)13(18-14)19-17/h4-8H,2-3,17H2,1H3,(H,18,19). The molecular weight excluding hydrogens is 264 g/mol. The predicted molar refractivity (Wildman–Crippen MR) is 72.5 cm³/mol. The van der Waals surface area contributed by atoms with Crippen LogP contribution in [0.5, 0.6) is 11.6 Å². The number of aromatic nitrogens is 1. The molecule has 0 atom stereocenters. The van der Waals surface area contributed by atoms with Crippen LogP contribution in [0.15, 0.2) is 30.3 Å². The highest BCUT2D eigenvalue weighted by Gasteiger charge is 2.13. The molecule has 0 saturated heterocycles. The van der Waals surface area contributed by atoms with Gasteiger partial charge in [-0.2, -0.15) is 4.98 Å². The van der Waals surface area contributed by atoms with Crippen LogP contribution in [-0.4, -0.2) is 4.98 Å². The number of ether oxygens (including phenoxy) is 1. The van der Waals surface area contributed by atoms with E-state index in [2.05, 4.69) is 11.9 Å². The van der Waals surface area contributed by atoms with E-state index in [1.807, 2.05) is 17.6 Å². The summed E-state index contributed by atoms with van der Waals surface area (Å²) in [5.41, 5.74) is 3.21. The fourth-order valence-corrected chi connectivity index (χ4v) is 1.75. The van der Waals surface area contributed by atoms with Crippen LogP contribution in [-0.2, 0) is 6.42 Å². The molecule has 0 fully saturated rings. The molecule has 0 amide bonds. The zero-order valence-electron chi connectivity index (χ0n) is 11.0. The van der Waals surface area contributed by atoms with E-state index >= 15 is 0 Å². The lowest BCUT2D eigenvalue weighted by molar-refractivity contribution is 0.418. The fraction of sp³-hybridized carbons (Fsp3) is 0.214. The molecule has 106 valence electrons. The number of nitrogens with one attached hydrogen (secondary N) is 1. The van der Waals surface area contributed by atoms with Crippen molar-refractivity contribution in [1.29, 1.82) is 0 Å². The lowest BCUT2D eigenvalue weighted by atomic mass is 10.1. The third-order valence-electron chi connectivity index (χ3n) is 2.71. The van der Waals surface area contributed by atoms with Gasteiger partial charge in [-0.1, -0.05) is 25.5 Å². The van der Waals surface area contributed by atoms with Crippen molar-refractivity contribution in [3.63, 3.8) is 0 Å². The maximum absolute atomic E-state index is 13.6. The molecule has 4 nitrogen and oxygen atoms in total. The van der Waals surface area contributed by atoms with Crippen molar-refractivity contribution in [2.24, 2.45) is 5.84 Å². The lowest BCUT2D eigenvalue weighted by Gasteiger charge is -2.09. The van der Waals surface area contributed by atoms with Crippen molar-refractivity contribution in [3.05, 3.63) is 47.5 Å². The molecule has 1 aromatic carbocycles. The summed E-state index contributed by atoms with van der Waals surface area (Å²) in [5.74, 6) is 3.13. The van der Waals surface area contributed by atoms with Crippen LogP contribution in [0, 0.1) is 11.6 Å². The van der Waals surface area contributed by atoms with Crippen molar-refractivity contribution in [2.45, 2.75) is 19.8 Å². The molecule has 1 aromatic heterocycles. The summed E-state index contributed by atoms with van der Waals surface area (Å²) < 4.78 is 32.1. The van der Waals surface area contributed by atoms with Gasteiger partial charge in [-0.05, 0) is 24.1 Å². The smallest absolute Gasteiger partial charge is 0.258 e. The second kappa shape index (κ2) is 6.29. The number of aryl methyl sites for hydroxylation is 1. The average Bonchev–Trinajstić information content (AvgIpc) is 2.44. The number of pyridine rings is 1. The number of hydrogen-bond donors (Lipinski definition) is 2. The van der Waals surface area contributed by atoms with Gasteiger partial charge in [0.2, 0.25) is 0 Å². The Hall–Kier alpha value is -2.21. The molecule has 0 aliphatic rings. The molecule has 0 saturated carbocycles. The van der Waals surface area contributed by atoms with Crippen LogP contribution in [0.1, 0.15) is 18.9 Å². The second-order valence-electron chi connectivity index (χ2n) is 4.25. The van der Waals surface area contributed by atoms with Gasteiger partial charge in [-0.25, -0.2) is 14.6 Å². The Morgan fingerprint density at radius 2 is 1.90 bits per heavy atom. The van der Waals surface area contributed by atoms with Gasteiger partial charge in [-0.15, -0.1) is 0 Å². The number of hydrazine groups is 1. The number of nitrogen functional groups attached to an aromatic ring is 1. The molecule has 3 N–H and O–H groups in total. The monoisotopic (exact) mass is 279 g/mol. The maximum atomic E-state index is 13.6. The first-order valence-electron chi connectivity index (χ1n) is 6.23. The highest BCUT2D eigenvalue weighted by molar-refractivity contribution is 5.40. The predicted octanol–water partition coefficient (Wildman–Crippen LogP) is 3.39. The van der Waals surface area contributed by atoms with Gasteiger partial charge < -0.3 is 10.2 Å². The van der Waals surface area contributed by atoms with Crippen LogP contribution < -0.4 is 16.0 Å². The van der Waals surface area contributed by atoms with E-state index < -0.39 is 11.6 Å². The van der Waals surface area contributed by atoms with E-state index in [4.69, 9.17) is 10.6 Å².